The summed E-state index contributed by atoms with van der Waals surface area (Å²) in [6, 6.07) is 9.57. The molecule has 1 amide bonds. The Morgan fingerprint density at radius 3 is 2.58 bits per heavy atom. The van der Waals surface area contributed by atoms with Crippen LogP contribution in [0.1, 0.15) is 29.2 Å². The van der Waals surface area contributed by atoms with E-state index in [1.807, 2.05) is 31.2 Å². The third-order valence-corrected chi connectivity index (χ3v) is 4.89. The first-order chi connectivity index (χ1) is 12.3. The fourth-order valence-corrected chi connectivity index (χ4v) is 3.71. The number of carboxylic acids is 1. The number of halogens is 2. The van der Waals surface area contributed by atoms with Gasteiger partial charge in [-0.05, 0) is 24.6 Å². The van der Waals surface area contributed by atoms with E-state index in [4.69, 9.17) is 23.2 Å². The summed E-state index contributed by atoms with van der Waals surface area (Å²) in [6.07, 6.45) is 0.409. The molecule has 0 saturated heterocycles. The predicted molar refractivity (Wildman–Crippen MR) is 102 cm³/mol. The standard InChI is InChI=1S/C19H18Cl2N2O3/c1-10-2-4-11(5-3-10)6-17(24)23-15-9-16(19(25)26)22-14-8-12(20)7-13(21)18(14)15/h2-5,7-8,15-16,22H,6,9H2,1H3,(H,23,24)(H,25,26). The van der Waals surface area contributed by atoms with E-state index in [1.165, 1.54) is 0 Å². The molecule has 3 N–H and O–H groups in total. The highest BCUT2D eigenvalue weighted by Crippen LogP contribution is 2.39. The molecular formula is C19H18Cl2N2O3. The lowest BCUT2D eigenvalue weighted by molar-refractivity contribution is -0.138. The van der Waals surface area contributed by atoms with Crippen molar-refractivity contribution in [2.24, 2.45) is 0 Å². The molecule has 2 aromatic carbocycles. The average molecular weight is 393 g/mol. The zero-order valence-electron chi connectivity index (χ0n) is 14.1. The first-order valence-electron chi connectivity index (χ1n) is 8.16. The van der Waals surface area contributed by atoms with E-state index in [1.54, 1.807) is 12.1 Å². The van der Waals surface area contributed by atoms with Gasteiger partial charge in [-0.25, -0.2) is 4.79 Å². The van der Waals surface area contributed by atoms with Crippen molar-refractivity contribution < 1.29 is 14.7 Å². The van der Waals surface area contributed by atoms with Crippen molar-refractivity contribution in [1.82, 2.24) is 5.32 Å². The molecule has 0 fully saturated rings. The fraction of sp³-hybridized carbons (Fsp3) is 0.263. The van der Waals surface area contributed by atoms with Crippen molar-refractivity contribution >= 4 is 40.8 Å². The van der Waals surface area contributed by atoms with E-state index >= 15 is 0 Å². The number of carbonyl (C=O) groups excluding carboxylic acids is 1. The van der Waals surface area contributed by atoms with Crippen molar-refractivity contribution in [1.29, 1.82) is 0 Å². The molecule has 0 saturated carbocycles. The molecular weight excluding hydrogens is 375 g/mol. The minimum Gasteiger partial charge on any atom is -0.480 e. The molecule has 7 heteroatoms. The highest BCUT2D eigenvalue weighted by molar-refractivity contribution is 6.35. The number of aryl methyl sites for hydroxylation is 1. The maximum Gasteiger partial charge on any atom is 0.326 e. The Morgan fingerprint density at radius 1 is 1.23 bits per heavy atom. The summed E-state index contributed by atoms with van der Waals surface area (Å²) in [5.74, 6) is -1.19. The molecule has 0 bridgehead atoms. The largest absolute Gasteiger partial charge is 0.480 e. The highest BCUT2D eigenvalue weighted by Gasteiger charge is 2.33. The second-order valence-corrected chi connectivity index (χ2v) is 7.25. The molecule has 26 heavy (non-hydrogen) atoms. The maximum atomic E-state index is 12.5. The number of hydrogen-bond acceptors (Lipinski definition) is 3. The minimum absolute atomic E-state index is 0.193. The van der Waals surface area contributed by atoms with Crippen LogP contribution in [-0.4, -0.2) is 23.0 Å². The van der Waals surface area contributed by atoms with Gasteiger partial charge >= 0.3 is 5.97 Å². The molecule has 0 aromatic heterocycles. The number of carboxylic acid groups (broad SMARTS) is 1. The van der Waals surface area contributed by atoms with Crippen LogP contribution < -0.4 is 10.6 Å². The molecule has 1 heterocycles. The van der Waals surface area contributed by atoms with Crippen LogP contribution in [0.2, 0.25) is 10.0 Å². The van der Waals surface area contributed by atoms with Gasteiger partial charge in [0.05, 0.1) is 12.5 Å². The maximum absolute atomic E-state index is 12.5. The van der Waals surface area contributed by atoms with Crippen LogP contribution in [0, 0.1) is 6.92 Å². The molecule has 2 unspecified atom stereocenters. The van der Waals surface area contributed by atoms with Crippen LogP contribution in [-0.2, 0) is 16.0 Å². The van der Waals surface area contributed by atoms with Crippen molar-refractivity contribution in [2.45, 2.75) is 31.8 Å². The first kappa shape index (κ1) is 18.5. The zero-order chi connectivity index (χ0) is 18.8. The molecule has 0 aliphatic carbocycles. The number of hydrogen-bond donors (Lipinski definition) is 3. The van der Waals surface area contributed by atoms with Gasteiger partial charge in [0.25, 0.3) is 0 Å². The van der Waals surface area contributed by atoms with Crippen molar-refractivity contribution in [2.75, 3.05) is 5.32 Å². The zero-order valence-corrected chi connectivity index (χ0v) is 15.6. The van der Waals surface area contributed by atoms with Gasteiger partial charge in [-0.3, -0.25) is 4.79 Å². The minimum atomic E-state index is -0.996. The fourth-order valence-electron chi connectivity index (χ4n) is 3.09. The monoisotopic (exact) mass is 392 g/mol. The third-order valence-electron chi connectivity index (χ3n) is 4.36. The summed E-state index contributed by atoms with van der Waals surface area (Å²) in [5.41, 5.74) is 3.20. The lowest BCUT2D eigenvalue weighted by atomic mass is 9.92. The van der Waals surface area contributed by atoms with E-state index in [9.17, 15) is 14.7 Å². The van der Waals surface area contributed by atoms with Gasteiger partial charge < -0.3 is 15.7 Å². The van der Waals surface area contributed by atoms with E-state index in [-0.39, 0.29) is 18.7 Å². The number of nitrogens with one attached hydrogen (secondary N) is 2. The molecule has 2 atom stereocenters. The van der Waals surface area contributed by atoms with Crippen molar-refractivity contribution in [3.8, 4) is 0 Å². The second kappa shape index (κ2) is 7.56. The Labute approximate surface area is 161 Å². The summed E-state index contributed by atoms with van der Waals surface area (Å²) in [5, 5.41) is 16.0. The topological polar surface area (TPSA) is 78.4 Å². The Hall–Kier alpha value is -2.24. The third kappa shape index (κ3) is 4.11. The van der Waals surface area contributed by atoms with Gasteiger partial charge in [0, 0.05) is 27.7 Å². The number of amides is 1. The van der Waals surface area contributed by atoms with Crippen LogP contribution in [0.4, 0.5) is 5.69 Å². The molecule has 136 valence electrons. The Bertz CT molecular complexity index is 853. The van der Waals surface area contributed by atoms with Gasteiger partial charge in [0.1, 0.15) is 6.04 Å². The predicted octanol–water partition coefficient (Wildman–Crippen LogP) is 3.97. The van der Waals surface area contributed by atoms with Crippen LogP contribution in [0.3, 0.4) is 0 Å². The summed E-state index contributed by atoms with van der Waals surface area (Å²) in [4.78, 5) is 23.9. The Balaban J connectivity index is 1.83. The number of benzene rings is 2. The summed E-state index contributed by atoms with van der Waals surface area (Å²) in [6.45, 7) is 1.98. The van der Waals surface area contributed by atoms with Crippen LogP contribution >= 0.6 is 23.2 Å². The average Bonchev–Trinajstić information content (AvgIpc) is 2.55. The van der Waals surface area contributed by atoms with Crippen LogP contribution in [0.15, 0.2) is 36.4 Å². The van der Waals surface area contributed by atoms with Crippen LogP contribution in [0.25, 0.3) is 0 Å². The van der Waals surface area contributed by atoms with Gasteiger partial charge in [-0.2, -0.15) is 0 Å². The smallest absolute Gasteiger partial charge is 0.326 e. The highest BCUT2D eigenvalue weighted by atomic mass is 35.5. The lowest BCUT2D eigenvalue weighted by Gasteiger charge is -2.32. The molecule has 3 rings (SSSR count). The number of carbonyl (C=O) groups is 2. The number of rotatable bonds is 4. The molecule has 5 nitrogen and oxygen atoms in total. The normalized spacial score (nSPS) is 18.6. The van der Waals surface area contributed by atoms with E-state index in [0.29, 0.717) is 21.3 Å². The molecule has 2 aromatic rings. The number of anilines is 1. The van der Waals surface area contributed by atoms with Crippen LogP contribution in [0.5, 0.6) is 0 Å². The summed E-state index contributed by atoms with van der Waals surface area (Å²) in [7, 11) is 0. The van der Waals surface area contributed by atoms with Gasteiger partial charge in [0.15, 0.2) is 0 Å². The number of aliphatic carboxylic acids is 1. The van der Waals surface area contributed by atoms with Crippen molar-refractivity contribution in [3.63, 3.8) is 0 Å². The van der Waals surface area contributed by atoms with E-state index in [2.05, 4.69) is 10.6 Å². The quantitative estimate of drug-likeness (QED) is 0.735. The summed E-state index contributed by atoms with van der Waals surface area (Å²) >= 11 is 12.3. The molecule has 0 radical (unpaired) electrons. The SMILES string of the molecule is Cc1ccc(CC(=O)NC2CC(C(=O)O)Nc3cc(Cl)cc(Cl)c32)cc1. The van der Waals surface area contributed by atoms with Gasteiger partial charge in [-0.1, -0.05) is 53.0 Å². The molecule has 1 aliphatic heterocycles. The Morgan fingerprint density at radius 2 is 1.92 bits per heavy atom. The summed E-state index contributed by atoms with van der Waals surface area (Å²) < 4.78 is 0. The molecule has 1 aliphatic rings. The second-order valence-electron chi connectivity index (χ2n) is 6.40. The Kier molecular flexibility index (Phi) is 5.39. The van der Waals surface area contributed by atoms with Gasteiger partial charge in [0.2, 0.25) is 5.91 Å². The van der Waals surface area contributed by atoms with E-state index in [0.717, 1.165) is 11.1 Å². The van der Waals surface area contributed by atoms with Crippen molar-refractivity contribution in [3.05, 3.63) is 63.1 Å². The number of fused-ring (bicyclic) bond motifs is 1. The molecule has 0 spiro atoms. The first-order valence-corrected chi connectivity index (χ1v) is 8.92. The van der Waals surface area contributed by atoms with Gasteiger partial charge in [-0.15, -0.1) is 0 Å². The van der Waals surface area contributed by atoms with E-state index < -0.39 is 18.1 Å². The lowest BCUT2D eigenvalue weighted by Crippen LogP contribution is -2.41.